The number of anilines is 9. The highest BCUT2D eigenvalue weighted by Crippen LogP contribution is 2.38. The van der Waals surface area contributed by atoms with E-state index in [1.807, 2.05) is 18.2 Å². The average Bonchev–Trinajstić information content (AvgIpc) is 3.36. The van der Waals surface area contributed by atoms with Crippen LogP contribution in [0.15, 0.2) is 231 Å². The minimum Gasteiger partial charge on any atom is -0.311 e. The van der Waals surface area contributed by atoms with E-state index < -0.39 is 0 Å². The summed E-state index contributed by atoms with van der Waals surface area (Å²) in [6.45, 7) is 15.1. The summed E-state index contributed by atoms with van der Waals surface area (Å²) in [5.41, 5.74) is 19.8. The number of para-hydroxylation sites is 3. The summed E-state index contributed by atoms with van der Waals surface area (Å²) >= 11 is 0. The highest BCUT2D eigenvalue weighted by atomic mass is 15.2. The van der Waals surface area contributed by atoms with Gasteiger partial charge in [0.15, 0.2) is 0 Å². The van der Waals surface area contributed by atoms with E-state index in [1.54, 1.807) is 0 Å². The van der Waals surface area contributed by atoms with Crippen LogP contribution in [0.25, 0.3) is 0 Å². The normalized spacial score (nSPS) is 10.5. The van der Waals surface area contributed by atoms with Crippen LogP contribution >= 0.6 is 0 Å². The highest BCUT2D eigenvalue weighted by molar-refractivity contribution is 5.80. The highest BCUT2D eigenvalue weighted by Gasteiger charge is 2.15. The van der Waals surface area contributed by atoms with E-state index in [0.29, 0.717) is 0 Å². The fraction of sp³-hybridized carbons (Fsp3) is 0.156. The summed E-state index contributed by atoms with van der Waals surface area (Å²) in [6.07, 6.45) is 3.64. The summed E-state index contributed by atoms with van der Waals surface area (Å²) in [6, 6.07) is 81.8. The Hall–Kier alpha value is -7.62. The van der Waals surface area contributed by atoms with Crippen LogP contribution in [0, 0.1) is 41.5 Å². The van der Waals surface area contributed by atoms with Gasteiger partial charge >= 0.3 is 0 Å². The van der Waals surface area contributed by atoms with Crippen molar-refractivity contribution >= 4 is 51.2 Å². The number of rotatable bonds is 12. The molecule has 9 rings (SSSR count). The fourth-order valence-corrected chi connectivity index (χ4v) is 8.08. The summed E-state index contributed by atoms with van der Waals surface area (Å²) in [5.74, 6) is 0. The zero-order valence-electron chi connectivity index (χ0n) is 40.4. The van der Waals surface area contributed by atoms with Gasteiger partial charge in [-0.15, -0.1) is 0 Å². The molecule has 0 saturated heterocycles. The van der Waals surface area contributed by atoms with E-state index in [0.717, 1.165) is 6.42 Å². The Kier molecular flexibility index (Phi) is 16.6. The van der Waals surface area contributed by atoms with Crippen LogP contribution in [0.1, 0.15) is 58.7 Å². The number of benzene rings is 9. The first-order valence-corrected chi connectivity index (χ1v) is 23.7. The van der Waals surface area contributed by atoms with Crippen LogP contribution in [-0.2, 0) is 6.42 Å². The largest absolute Gasteiger partial charge is 0.311 e. The Labute approximate surface area is 401 Å². The van der Waals surface area contributed by atoms with Gasteiger partial charge in [0, 0.05) is 51.2 Å². The van der Waals surface area contributed by atoms with Crippen LogP contribution < -0.4 is 14.7 Å². The zero-order chi connectivity index (χ0) is 47.0. The first kappa shape index (κ1) is 47.3. The summed E-state index contributed by atoms with van der Waals surface area (Å²) < 4.78 is 0. The van der Waals surface area contributed by atoms with Crippen molar-refractivity contribution < 1.29 is 0 Å². The second-order valence-corrected chi connectivity index (χ2v) is 17.4. The molecular weight excluding hydrogens is 811 g/mol. The molecule has 0 atom stereocenters. The Morgan fingerprint density at radius 1 is 0.284 bits per heavy atom. The molecule has 3 nitrogen and oxygen atoms in total. The van der Waals surface area contributed by atoms with Gasteiger partial charge in [-0.25, -0.2) is 0 Å². The van der Waals surface area contributed by atoms with E-state index in [-0.39, 0.29) is 0 Å². The van der Waals surface area contributed by atoms with Gasteiger partial charge < -0.3 is 14.7 Å². The molecule has 0 unspecified atom stereocenters. The first-order valence-electron chi connectivity index (χ1n) is 23.7. The van der Waals surface area contributed by atoms with E-state index in [9.17, 15) is 0 Å². The third kappa shape index (κ3) is 13.0. The van der Waals surface area contributed by atoms with Crippen LogP contribution in [0.4, 0.5) is 51.2 Å². The molecular formula is C64H65N3. The van der Waals surface area contributed by atoms with Gasteiger partial charge in [-0.2, -0.15) is 0 Å². The molecule has 0 heterocycles. The molecule has 3 heteroatoms. The van der Waals surface area contributed by atoms with E-state index in [4.69, 9.17) is 0 Å². The molecule has 0 aromatic heterocycles. The van der Waals surface area contributed by atoms with Gasteiger partial charge in [0.05, 0.1) is 0 Å². The second kappa shape index (κ2) is 23.5. The van der Waals surface area contributed by atoms with Gasteiger partial charge in [0.25, 0.3) is 0 Å². The first-order chi connectivity index (χ1) is 32.7. The minimum absolute atomic E-state index is 1.16. The molecule has 0 saturated carbocycles. The predicted molar refractivity (Wildman–Crippen MR) is 290 cm³/mol. The topological polar surface area (TPSA) is 9.72 Å². The number of nitrogens with zero attached hydrogens (tertiary/aromatic N) is 3. The van der Waals surface area contributed by atoms with E-state index in [2.05, 4.69) is 275 Å². The minimum atomic E-state index is 1.16. The molecule has 0 bridgehead atoms. The van der Waals surface area contributed by atoms with Crippen molar-refractivity contribution in [2.24, 2.45) is 0 Å². The van der Waals surface area contributed by atoms with Gasteiger partial charge in [-0.05, 0) is 169 Å². The average molecular weight is 876 g/mol. The number of hydrogen-bond acceptors (Lipinski definition) is 3. The van der Waals surface area contributed by atoms with Gasteiger partial charge in [0.1, 0.15) is 0 Å². The molecule has 0 aliphatic carbocycles. The molecule has 0 aliphatic rings. The number of unbranched alkanes of at least 4 members (excludes halogenated alkanes) is 1. The fourth-order valence-electron chi connectivity index (χ4n) is 8.08. The third-order valence-corrected chi connectivity index (χ3v) is 11.8. The van der Waals surface area contributed by atoms with Gasteiger partial charge in [0.2, 0.25) is 0 Å². The molecule has 0 N–H and O–H groups in total. The van der Waals surface area contributed by atoms with Crippen LogP contribution in [0.3, 0.4) is 0 Å². The SMILES string of the molecule is CCCCc1ccc(N(c2ccc(C)cc2)c2ccc(C)cc2)cc1.Cc1ccc(N(c2ccc(C)cc2)c2ccc(C)cc2C)cc1.c1ccc(N(c2ccccc2)c2ccccc2)cc1. The maximum Gasteiger partial charge on any atom is 0.0490 e. The van der Waals surface area contributed by atoms with E-state index >= 15 is 0 Å². The Bertz CT molecular complexity index is 2650. The van der Waals surface area contributed by atoms with Crippen molar-refractivity contribution in [3.63, 3.8) is 0 Å². The number of hydrogen-bond donors (Lipinski definition) is 0. The molecule has 336 valence electrons. The van der Waals surface area contributed by atoms with Crippen molar-refractivity contribution in [1.29, 1.82) is 0 Å². The van der Waals surface area contributed by atoms with Crippen LogP contribution in [0.5, 0.6) is 0 Å². The number of aryl methyl sites for hydroxylation is 7. The van der Waals surface area contributed by atoms with Crippen LogP contribution in [-0.4, -0.2) is 0 Å². The lowest BCUT2D eigenvalue weighted by Gasteiger charge is -2.27. The lowest BCUT2D eigenvalue weighted by molar-refractivity contribution is 0.795. The summed E-state index contributed by atoms with van der Waals surface area (Å²) in [4.78, 5) is 6.90. The van der Waals surface area contributed by atoms with Gasteiger partial charge in [-0.1, -0.05) is 169 Å². The van der Waals surface area contributed by atoms with Crippen molar-refractivity contribution in [2.75, 3.05) is 14.7 Å². The molecule has 9 aromatic carbocycles. The maximum absolute atomic E-state index is 2.33. The monoisotopic (exact) mass is 876 g/mol. The Morgan fingerprint density at radius 2 is 0.567 bits per heavy atom. The molecule has 67 heavy (non-hydrogen) atoms. The quantitative estimate of drug-likeness (QED) is 0.121. The summed E-state index contributed by atoms with van der Waals surface area (Å²) in [5, 5.41) is 0. The molecule has 9 aromatic rings. The molecule has 0 radical (unpaired) electrons. The third-order valence-electron chi connectivity index (χ3n) is 11.8. The van der Waals surface area contributed by atoms with Crippen molar-refractivity contribution in [3.8, 4) is 0 Å². The van der Waals surface area contributed by atoms with Crippen LogP contribution in [0.2, 0.25) is 0 Å². The second-order valence-electron chi connectivity index (χ2n) is 17.4. The molecule has 0 amide bonds. The summed E-state index contributed by atoms with van der Waals surface area (Å²) in [7, 11) is 0. The van der Waals surface area contributed by atoms with Crippen molar-refractivity contribution in [3.05, 3.63) is 269 Å². The van der Waals surface area contributed by atoms with Crippen molar-refractivity contribution in [1.82, 2.24) is 0 Å². The van der Waals surface area contributed by atoms with E-state index in [1.165, 1.54) is 103 Å². The van der Waals surface area contributed by atoms with Crippen molar-refractivity contribution in [2.45, 2.75) is 67.7 Å². The predicted octanol–water partition coefficient (Wildman–Crippen LogP) is 18.7. The molecule has 0 fully saturated rings. The zero-order valence-corrected chi connectivity index (χ0v) is 40.4. The Balaban J connectivity index is 0.000000150. The molecule has 0 aliphatic heterocycles. The molecule has 0 spiro atoms. The maximum atomic E-state index is 2.33. The Morgan fingerprint density at radius 3 is 0.881 bits per heavy atom. The lowest BCUT2D eigenvalue weighted by atomic mass is 10.1. The lowest BCUT2D eigenvalue weighted by Crippen LogP contribution is -2.11. The van der Waals surface area contributed by atoms with Gasteiger partial charge in [-0.3, -0.25) is 0 Å². The smallest absolute Gasteiger partial charge is 0.0490 e. The standard InChI is InChI=1S/C24H27N.C22H23N.C18H15N/c1-4-5-6-21-11-17-24(18-12-21)25(22-13-7-19(2)8-14-22)23-15-9-20(3)10-16-23;1-16-5-10-20(11-6-16)23(21-12-7-17(2)8-13-21)22-14-9-18(3)15-19(22)4;1-4-10-16(11-5-1)19(17-12-6-2-7-13-17)18-14-8-3-9-15-18/h7-18H,4-6H2,1-3H3;5-15H,1-4H3;1-15H.